The fourth-order valence-electron chi connectivity index (χ4n) is 3.57. The Morgan fingerprint density at radius 1 is 0.871 bits per heavy atom. The highest BCUT2D eigenvalue weighted by atomic mass is 16.5. The number of nitrogens with zero attached hydrogens (tertiary/aromatic N) is 2. The van der Waals surface area contributed by atoms with Gasteiger partial charge in [-0.15, -0.1) is 0 Å². The number of hydrogen-bond acceptors (Lipinski definition) is 4. The smallest absolute Gasteiger partial charge is 0.263 e. The van der Waals surface area contributed by atoms with Crippen molar-refractivity contribution in [3.8, 4) is 17.2 Å². The van der Waals surface area contributed by atoms with Crippen molar-refractivity contribution in [1.82, 2.24) is 4.57 Å². The number of hydrogen-bond donors (Lipinski definition) is 0. The topological polar surface area (TPSA) is 60.8 Å². The van der Waals surface area contributed by atoms with Crippen LogP contribution in [0.1, 0.15) is 10.4 Å². The minimum atomic E-state index is -0.379. The Labute approximate surface area is 179 Å². The Hall–Kier alpha value is -4.06. The number of benzene rings is 3. The number of methoxy groups -OCH3 is 2. The number of amides is 1. The first-order chi connectivity index (χ1) is 15.0. The van der Waals surface area contributed by atoms with Crippen LogP contribution in [0.4, 0.5) is 5.69 Å². The van der Waals surface area contributed by atoms with Crippen LogP contribution in [0, 0.1) is 0 Å². The van der Waals surface area contributed by atoms with Crippen molar-refractivity contribution in [3.05, 3.63) is 94.8 Å². The van der Waals surface area contributed by atoms with Gasteiger partial charge in [0, 0.05) is 36.1 Å². The van der Waals surface area contributed by atoms with E-state index >= 15 is 0 Å². The van der Waals surface area contributed by atoms with Crippen molar-refractivity contribution in [2.24, 2.45) is 0 Å². The van der Waals surface area contributed by atoms with Crippen LogP contribution in [0.5, 0.6) is 11.5 Å². The summed E-state index contributed by atoms with van der Waals surface area (Å²) < 4.78 is 12.6. The molecule has 0 aliphatic rings. The maximum absolute atomic E-state index is 13.3. The Balaban J connectivity index is 1.92. The van der Waals surface area contributed by atoms with Crippen LogP contribution in [0.25, 0.3) is 16.6 Å². The second kappa shape index (κ2) is 8.36. The minimum Gasteiger partial charge on any atom is -0.493 e. The second-order valence-electron chi connectivity index (χ2n) is 7.00. The zero-order valence-corrected chi connectivity index (χ0v) is 17.5. The molecular weight excluding hydrogens is 392 g/mol. The normalized spacial score (nSPS) is 10.7. The third kappa shape index (κ3) is 3.64. The van der Waals surface area contributed by atoms with E-state index in [0.717, 1.165) is 5.69 Å². The van der Waals surface area contributed by atoms with Crippen LogP contribution in [-0.4, -0.2) is 31.7 Å². The zero-order valence-electron chi connectivity index (χ0n) is 17.5. The molecule has 6 nitrogen and oxygen atoms in total. The highest BCUT2D eigenvalue weighted by Gasteiger charge is 2.20. The van der Waals surface area contributed by atoms with Crippen molar-refractivity contribution in [1.29, 1.82) is 0 Å². The molecule has 0 atom stereocenters. The molecule has 31 heavy (non-hydrogen) atoms. The summed E-state index contributed by atoms with van der Waals surface area (Å²) in [5.41, 5.74) is 1.92. The number of aromatic nitrogens is 1. The number of carbonyl (C=O) groups is 1. The van der Waals surface area contributed by atoms with Crippen molar-refractivity contribution in [3.63, 3.8) is 0 Å². The fraction of sp³-hybridized carbons (Fsp3) is 0.120. The summed E-state index contributed by atoms with van der Waals surface area (Å²) in [5.74, 6) is 0.768. The third-order valence-electron chi connectivity index (χ3n) is 5.23. The lowest BCUT2D eigenvalue weighted by Gasteiger charge is -2.19. The molecule has 4 rings (SSSR count). The van der Waals surface area contributed by atoms with Crippen LogP contribution in [0.15, 0.2) is 83.8 Å². The highest BCUT2D eigenvalue weighted by Crippen LogP contribution is 2.30. The van der Waals surface area contributed by atoms with Crippen molar-refractivity contribution < 1.29 is 14.3 Å². The molecule has 1 amide bonds. The number of carbonyl (C=O) groups excluding carboxylic acids is 1. The first-order valence-corrected chi connectivity index (χ1v) is 9.75. The van der Waals surface area contributed by atoms with E-state index < -0.39 is 0 Å². The summed E-state index contributed by atoms with van der Waals surface area (Å²) in [6.07, 6.45) is 1.59. The van der Waals surface area contributed by atoms with E-state index in [9.17, 15) is 9.59 Å². The molecule has 3 aromatic carbocycles. The lowest BCUT2D eigenvalue weighted by Crippen LogP contribution is -2.31. The van der Waals surface area contributed by atoms with Crippen LogP contribution >= 0.6 is 0 Å². The molecule has 0 radical (unpaired) electrons. The summed E-state index contributed by atoms with van der Waals surface area (Å²) >= 11 is 0. The molecule has 0 N–H and O–H groups in total. The van der Waals surface area contributed by atoms with E-state index in [-0.39, 0.29) is 16.9 Å². The van der Waals surface area contributed by atoms with E-state index in [1.54, 1.807) is 45.7 Å². The van der Waals surface area contributed by atoms with Gasteiger partial charge >= 0.3 is 0 Å². The third-order valence-corrected chi connectivity index (χ3v) is 5.23. The van der Waals surface area contributed by atoms with Gasteiger partial charge in [-0.1, -0.05) is 30.3 Å². The molecule has 0 unspecified atom stereocenters. The number of para-hydroxylation sites is 2. The Bertz CT molecular complexity index is 1310. The zero-order chi connectivity index (χ0) is 22.0. The predicted molar refractivity (Wildman–Crippen MR) is 122 cm³/mol. The van der Waals surface area contributed by atoms with Gasteiger partial charge in [-0.2, -0.15) is 0 Å². The van der Waals surface area contributed by atoms with Gasteiger partial charge in [-0.05, 0) is 36.4 Å². The standard InChI is InChI=1S/C25H22N2O4/c1-26(17-9-5-4-6-10-17)25(29)20-16-27(21-12-8-7-11-19(21)24(20)28)18-13-14-22(30-2)23(15-18)31-3/h4-16H,1-3H3. The van der Waals surface area contributed by atoms with Crippen LogP contribution in [-0.2, 0) is 0 Å². The second-order valence-corrected chi connectivity index (χ2v) is 7.00. The van der Waals surface area contributed by atoms with Gasteiger partial charge in [-0.25, -0.2) is 0 Å². The molecule has 0 fully saturated rings. The predicted octanol–water partition coefficient (Wildman–Crippen LogP) is 4.28. The maximum atomic E-state index is 13.3. The number of anilines is 1. The summed E-state index contributed by atoms with van der Waals surface area (Å²) in [6.45, 7) is 0. The quantitative estimate of drug-likeness (QED) is 0.489. The lowest BCUT2D eigenvalue weighted by atomic mass is 10.1. The van der Waals surface area contributed by atoms with Crippen LogP contribution in [0.2, 0.25) is 0 Å². The molecule has 0 aliphatic heterocycles. The van der Waals surface area contributed by atoms with Crippen molar-refractivity contribution in [2.45, 2.75) is 0 Å². The monoisotopic (exact) mass is 414 g/mol. The number of pyridine rings is 1. The number of rotatable bonds is 5. The number of fused-ring (bicyclic) bond motifs is 1. The molecule has 4 aromatic rings. The van der Waals surface area contributed by atoms with Gasteiger partial charge in [0.1, 0.15) is 5.56 Å². The molecule has 6 heteroatoms. The van der Waals surface area contributed by atoms with Gasteiger partial charge in [0.15, 0.2) is 11.5 Å². The first-order valence-electron chi connectivity index (χ1n) is 9.75. The van der Waals surface area contributed by atoms with Gasteiger partial charge in [0.2, 0.25) is 5.43 Å². The highest BCUT2D eigenvalue weighted by molar-refractivity contribution is 6.07. The Morgan fingerprint density at radius 2 is 1.55 bits per heavy atom. The van der Waals surface area contributed by atoms with Gasteiger partial charge in [0.25, 0.3) is 5.91 Å². The van der Waals surface area contributed by atoms with Gasteiger partial charge in [0.05, 0.1) is 19.7 Å². The number of ether oxygens (including phenoxy) is 2. The summed E-state index contributed by atoms with van der Waals surface area (Å²) in [5, 5.41) is 0.463. The molecule has 0 bridgehead atoms. The molecule has 0 aliphatic carbocycles. The van der Waals surface area contributed by atoms with Gasteiger partial charge < -0.3 is 18.9 Å². The summed E-state index contributed by atoms with van der Waals surface area (Å²) in [7, 11) is 4.80. The van der Waals surface area contributed by atoms with E-state index in [1.165, 1.54) is 4.90 Å². The first kappa shape index (κ1) is 20.2. The molecule has 1 aromatic heterocycles. The summed E-state index contributed by atoms with van der Waals surface area (Å²) in [6, 6.07) is 21.9. The molecule has 0 saturated heterocycles. The molecule has 156 valence electrons. The van der Waals surface area contributed by atoms with Gasteiger partial charge in [-0.3, -0.25) is 9.59 Å². The molecule has 0 saturated carbocycles. The largest absolute Gasteiger partial charge is 0.493 e. The SMILES string of the molecule is COc1ccc(-n2cc(C(=O)N(C)c3ccccc3)c(=O)c3ccccc32)cc1OC. The Morgan fingerprint density at radius 3 is 2.26 bits per heavy atom. The molecule has 1 heterocycles. The van der Waals surface area contributed by atoms with E-state index in [2.05, 4.69) is 0 Å². The van der Waals surface area contributed by atoms with E-state index in [0.29, 0.717) is 28.1 Å². The van der Waals surface area contributed by atoms with Crippen LogP contribution < -0.4 is 19.8 Å². The fourth-order valence-corrected chi connectivity index (χ4v) is 3.57. The average molecular weight is 414 g/mol. The van der Waals surface area contributed by atoms with E-state index in [4.69, 9.17) is 9.47 Å². The average Bonchev–Trinajstić information content (AvgIpc) is 2.83. The lowest BCUT2D eigenvalue weighted by molar-refractivity contribution is 0.0991. The van der Waals surface area contributed by atoms with E-state index in [1.807, 2.05) is 59.2 Å². The van der Waals surface area contributed by atoms with Crippen molar-refractivity contribution >= 4 is 22.5 Å². The van der Waals surface area contributed by atoms with Crippen LogP contribution in [0.3, 0.4) is 0 Å². The molecule has 0 spiro atoms. The van der Waals surface area contributed by atoms with Crippen molar-refractivity contribution in [2.75, 3.05) is 26.2 Å². The maximum Gasteiger partial charge on any atom is 0.263 e. The molecular formula is C25H22N2O4. The summed E-state index contributed by atoms with van der Waals surface area (Å²) in [4.78, 5) is 28.0. The minimum absolute atomic E-state index is 0.0832. The Kier molecular flexibility index (Phi) is 5.45.